The van der Waals surface area contributed by atoms with Crippen molar-refractivity contribution in [3.63, 3.8) is 0 Å². The van der Waals surface area contributed by atoms with Gasteiger partial charge >= 0.3 is 0 Å². The number of rotatable bonds is 5. The van der Waals surface area contributed by atoms with E-state index < -0.39 is 6.10 Å². The van der Waals surface area contributed by atoms with Gasteiger partial charge in [0.1, 0.15) is 11.9 Å². The molecule has 6 heteroatoms. The van der Waals surface area contributed by atoms with Gasteiger partial charge in [-0.3, -0.25) is 9.58 Å². The predicted octanol–water partition coefficient (Wildman–Crippen LogP) is 1.81. The Balaban J connectivity index is 1.69. The van der Waals surface area contributed by atoms with E-state index in [1.165, 1.54) is 5.57 Å². The van der Waals surface area contributed by atoms with Crippen LogP contribution in [-0.4, -0.2) is 44.6 Å². The Hall–Kier alpha value is -1.89. The fraction of sp³-hybridized carbons (Fsp3) is 0.471. The van der Waals surface area contributed by atoms with Crippen LogP contribution in [-0.2, 0) is 13.1 Å². The number of aryl methyl sites for hydroxylation is 1. The number of aromatic nitrogens is 2. The van der Waals surface area contributed by atoms with Gasteiger partial charge in [-0.2, -0.15) is 5.10 Å². The molecule has 3 heterocycles. The first-order valence-corrected chi connectivity index (χ1v) is 7.94. The summed E-state index contributed by atoms with van der Waals surface area (Å²) in [6.45, 7) is 5.30. The van der Waals surface area contributed by atoms with E-state index in [4.69, 9.17) is 9.52 Å². The van der Waals surface area contributed by atoms with E-state index in [9.17, 15) is 5.11 Å². The van der Waals surface area contributed by atoms with Crippen LogP contribution in [0.15, 0.2) is 34.5 Å². The number of fused-ring (bicyclic) bond motifs is 1. The van der Waals surface area contributed by atoms with Crippen LogP contribution in [0, 0.1) is 0 Å². The van der Waals surface area contributed by atoms with Gasteiger partial charge in [0.25, 0.3) is 0 Å². The van der Waals surface area contributed by atoms with Gasteiger partial charge in [-0.25, -0.2) is 0 Å². The third-order valence-corrected chi connectivity index (χ3v) is 4.03. The highest BCUT2D eigenvalue weighted by Crippen LogP contribution is 2.19. The topological polar surface area (TPSA) is 74.7 Å². The van der Waals surface area contributed by atoms with Crippen LogP contribution in [0.4, 0.5) is 0 Å². The first-order valence-electron chi connectivity index (χ1n) is 7.94. The molecule has 1 aliphatic heterocycles. The number of furan rings is 1. The summed E-state index contributed by atoms with van der Waals surface area (Å²) in [6.07, 6.45) is 3.85. The minimum absolute atomic E-state index is 0.300. The van der Waals surface area contributed by atoms with Gasteiger partial charge in [0.05, 0.1) is 24.3 Å². The smallest absolute Gasteiger partial charge is 0.126 e. The SMILES string of the molecule is CC(=Cc1ccco1)CN1CCCn2nc(C(O)CO)cc2C1. The zero-order valence-electron chi connectivity index (χ0n) is 13.4. The van der Waals surface area contributed by atoms with E-state index in [1.807, 2.05) is 22.9 Å². The minimum atomic E-state index is -0.900. The van der Waals surface area contributed by atoms with Crippen LogP contribution in [0.1, 0.15) is 36.6 Å². The molecule has 6 nitrogen and oxygen atoms in total. The lowest BCUT2D eigenvalue weighted by molar-refractivity contribution is 0.0916. The maximum Gasteiger partial charge on any atom is 0.126 e. The second-order valence-corrected chi connectivity index (χ2v) is 6.05. The van der Waals surface area contributed by atoms with E-state index in [1.54, 1.807) is 6.26 Å². The van der Waals surface area contributed by atoms with Crippen LogP contribution in [0.25, 0.3) is 6.08 Å². The third kappa shape index (κ3) is 3.90. The molecule has 0 saturated carbocycles. The Morgan fingerprint density at radius 1 is 1.48 bits per heavy atom. The molecule has 1 atom stereocenters. The van der Waals surface area contributed by atoms with E-state index >= 15 is 0 Å². The number of aliphatic hydroxyl groups is 2. The van der Waals surface area contributed by atoms with Crippen LogP contribution in [0.3, 0.4) is 0 Å². The molecule has 0 spiro atoms. The van der Waals surface area contributed by atoms with Gasteiger partial charge in [-0.1, -0.05) is 5.57 Å². The summed E-state index contributed by atoms with van der Waals surface area (Å²) in [7, 11) is 0. The van der Waals surface area contributed by atoms with Gasteiger partial charge in [0.2, 0.25) is 0 Å². The van der Waals surface area contributed by atoms with Crippen molar-refractivity contribution in [1.82, 2.24) is 14.7 Å². The number of nitrogens with zero attached hydrogens (tertiary/aromatic N) is 3. The summed E-state index contributed by atoms with van der Waals surface area (Å²) in [6, 6.07) is 5.73. The summed E-state index contributed by atoms with van der Waals surface area (Å²) in [5.74, 6) is 0.871. The molecule has 0 saturated heterocycles. The van der Waals surface area contributed by atoms with E-state index in [0.29, 0.717) is 5.69 Å². The highest BCUT2D eigenvalue weighted by molar-refractivity contribution is 5.46. The largest absolute Gasteiger partial charge is 0.465 e. The average molecular weight is 317 g/mol. The van der Waals surface area contributed by atoms with Crippen molar-refractivity contribution in [3.05, 3.63) is 47.2 Å². The molecular formula is C17H23N3O3. The zero-order chi connectivity index (χ0) is 16.2. The van der Waals surface area contributed by atoms with Gasteiger partial charge in [-0.15, -0.1) is 0 Å². The lowest BCUT2D eigenvalue weighted by Crippen LogP contribution is -2.25. The highest BCUT2D eigenvalue weighted by atomic mass is 16.3. The lowest BCUT2D eigenvalue weighted by atomic mass is 10.2. The normalized spacial score (nSPS) is 17.8. The highest BCUT2D eigenvalue weighted by Gasteiger charge is 2.19. The second-order valence-electron chi connectivity index (χ2n) is 6.05. The average Bonchev–Trinajstić information content (AvgIpc) is 3.13. The summed E-state index contributed by atoms with van der Waals surface area (Å²) in [4.78, 5) is 2.37. The molecule has 0 aliphatic carbocycles. The monoisotopic (exact) mass is 317 g/mol. The lowest BCUT2D eigenvalue weighted by Gasteiger charge is -2.19. The third-order valence-electron chi connectivity index (χ3n) is 4.03. The molecule has 3 rings (SSSR count). The van der Waals surface area contributed by atoms with E-state index in [2.05, 4.69) is 23.0 Å². The summed E-state index contributed by atoms with van der Waals surface area (Å²) < 4.78 is 7.30. The van der Waals surface area contributed by atoms with E-state index in [0.717, 1.165) is 44.1 Å². The number of hydrogen-bond acceptors (Lipinski definition) is 5. The first-order chi connectivity index (χ1) is 11.2. The standard InChI is InChI=1S/C17H23N3O3/c1-13(8-15-4-2-7-23-15)10-19-5-3-6-20-14(11-19)9-16(18-20)17(22)12-21/h2,4,7-9,17,21-22H,3,5-6,10-12H2,1H3. The van der Waals surface area contributed by atoms with Crippen molar-refractivity contribution in [2.24, 2.45) is 0 Å². The van der Waals surface area contributed by atoms with Crippen LogP contribution in [0.2, 0.25) is 0 Å². The van der Waals surface area contributed by atoms with Gasteiger partial charge in [0.15, 0.2) is 0 Å². The fourth-order valence-electron chi connectivity index (χ4n) is 2.96. The molecule has 2 aromatic rings. The Morgan fingerprint density at radius 2 is 2.35 bits per heavy atom. The molecule has 2 N–H and O–H groups in total. The molecular weight excluding hydrogens is 294 g/mol. The Bertz CT molecular complexity index is 661. The summed E-state index contributed by atoms with van der Waals surface area (Å²) >= 11 is 0. The Kier molecular flexibility index (Phi) is 4.95. The molecule has 124 valence electrons. The van der Waals surface area contributed by atoms with Crippen LogP contribution in [0.5, 0.6) is 0 Å². The Labute approximate surface area is 135 Å². The van der Waals surface area contributed by atoms with E-state index in [-0.39, 0.29) is 6.61 Å². The van der Waals surface area contributed by atoms with Crippen molar-refractivity contribution >= 4 is 6.08 Å². The number of aliphatic hydroxyl groups excluding tert-OH is 2. The van der Waals surface area contributed by atoms with Crippen molar-refractivity contribution < 1.29 is 14.6 Å². The van der Waals surface area contributed by atoms with Gasteiger partial charge in [0, 0.05) is 26.2 Å². The van der Waals surface area contributed by atoms with Gasteiger partial charge in [-0.05, 0) is 37.6 Å². The fourth-order valence-corrected chi connectivity index (χ4v) is 2.96. The van der Waals surface area contributed by atoms with Crippen molar-refractivity contribution in [2.45, 2.75) is 32.5 Å². The second kappa shape index (κ2) is 7.12. The summed E-state index contributed by atoms with van der Waals surface area (Å²) in [5.41, 5.74) is 2.87. The van der Waals surface area contributed by atoms with Gasteiger partial charge < -0.3 is 14.6 Å². The predicted molar refractivity (Wildman–Crippen MR) is 86.5 cm³/mol. The summed E-state index contributed by atoms with van der Waals surface area (Å²) in [5, 5.41) is 23.2. The van der Waals surface area contributed by atoms with Crippen molar-refractivity contribution in [1.29, 1.82) is 0 Å². The van der Waals surface area contributed by atoms with Crippen molar-refractivity contribution in [2.75, 3.05) is 19.7 Å². The first kappa shape index (κ1) is 16.0. The molecule has 2 aromatic heterocycles. The maximum atomic E-state index is 9.74. The molecule has 0 fully saturated rings. The molecule has 1 aliphatic rings. The van der Waals surface area contributed by atoms with Crippen LogP contribution < -0.4 is 0 Å². The minimum Gasteiger partial charge on any atom is -0.465 e. The molecule has 1 unspecified atom stereocenters. The zero-order valence-corrected chi connectivity index (χ0v) is 13.4. The van der Waals surface area contributed by atoms with Crippen LogP contribution >= 0.6 is 0 Å². The molecule has 0 amide bonds. The molecule has 23 heavy (non-hydrogen) atoms. The molecule has 0 aromatic carbocycles. The quantitative estimate of drug-likeness (QED) is 0.880. The maximum absolute atomic E-state index is 9.74. The Morgan fingerprint density at radius 3 is 3.09 bits per heavy atom. The molecule has 0 bridgehead atoms. The van der Waals surface area contributed by atoms with Crippen molar-refractivity contribution in [3.8, 4) is 0 Å². The number of hydrogen-bond donors (Lipinski definition) is 2. The molecule has 0 radical (unpaired) electrons.